The van der Waals surface area contributed by atoms with E-state index in [1.807, 2.05) is 42.5 Å². The van der Waals surface area contributed by atoms with Gasteiger partial charge in [0, 0.05) is 38.5 Å². The number of aromatic nitrogens is 1. The van der Waals surface area contributed by atoms with Crippen LogP contribution in [0, 0.1) is 0 Å². The summed E-state index contributed by atoms with van der Waals surface area (Å²) in [4.78, 5) is 45.7. The van der Waals surface area contributed by atoms with Gasteiger partial charge in [0.2, 0.25) is 5.91 Å². The standard InChI is InChI=1S/C28H27N3O5/c1-18(32)30-12-14-31(15-13-30)25(34)17-36-28(35)26-22-4-2-3-5-24(22)29-27-20(8-11-23(26)27)16-19-6-9-21(33)10-7-19/h2-7,9-10,16,33H,8,11-15,17H2,1H3/b20-16-. The number of benzene rings is 2. The van der Waals surface area contributed by atoms with Crippen LogP contribution in [-0.4, -0.2) is 70.5 Å². The Morgan fingerprint density at radius 3 is 2.39 bits per heavy atom. The third-order valence-electron chi connectivity index (χ3n) is 6.78. The monoisotopic (exact) mass is 485 g/mol. The maximum atomic E-state index is 13.3. The number of amides is 2. The molecule has 0 unspecified atom stereocenters. The normalized spacial score (nSPS) is 16.3. The third kappa shape index (κ3) is 4.66. The number of rotatable bonds is 4. The average molecular weight is 486 g/mol. The lowest BCUT2D eigenvalue weighted by Crippen LogP contribution is -2.51. The van der Waals surface area contributed by atoms with Gasteiger partial charge < -0.3 is 19.6 Å². The molecule has 1 aliphatic heterocycles. The summed E-state index contributed by atoms with van der Waals surface area (Å²) in [5, 5.41) is 10.3. The fraction of sp³-hybridized carbons (Fsp3) is 0.286. The number of fused-ring (bicyclic) bond motifs is 2. The zero-order valence-electron chi connectivity index (χ0n) is 20.1. The Kier molecular flexibility index (Phi) is 6.41. The van der Waals surface area contributed by atoms with Crippen LogP contribution in [0.3, 0.4) is 0 Å². The number of phenolic OH excluding ortho intramolecular Hbond substituents is 1. The van der Waals surface area contributed by atoms with Gasteiger partial charge in [0.15, 0.2) is 6.61 Å². The summed E-state index contributed by atoms with van der Waals surface area (Å²) in [5.41, 5.74) is 4.68. The quantitative estimate of drug-likeness (QED) is 0.570. The summed E-state index contributed by atoms with van der Waals surface area (Å²) in [6.45, 7) is 2.98. The maximum absolute atomic E-state index is 13.3. The molecule has 1 aliphatic carbocycles. The van der Waals surface area contributed by atoms with Crippen LogP contribution in [0.2, 0.25) is 0 Å². The minimum absolute atomic E-state index is 0.00854. The van der Waals surface area contributed by atoms with Crippen molar-refractivity contribution in [3.63, 3.8) is 0 Å². The first-order valence-corrected chi connectivity index (χ1v) is 12.0. The first kappa shape index (κ1) is 23.5. The second-order valence-electron chi connectivity index (χ2n) is 9.06. The van der Waals surface area contributed by atoms with Gasteiger partial charge >= 0.3 is 5.97 Å². The molecule has 0 radical (unpaired) electrons. The van der Waals surface area contributed by atoms with E-state index < -0.39 is 5.97 Å². The Morgan fingerprint density at radius 1 is 0.972 bits per heavy atom. The molecule has 184 valence electrons. The van der Waals surface area contributed by atoms with E-state index in [0.29, 0.717) is 49.1 Å². The van der Waals surface area contributed by atoms with E-state index in [4.69, 9.17) is 9.72 Å². The number of carbonyl (C=O) groups is 3. The van der Waals surface area contributed by atoms with Gasteiger partial charge in [-0.1, -0.05) is 30.3 Å². The van der Waals surface area contributed by atoms with Gasteiger partial charge in [0.05, 0.1) is 16.8 Å². The van der Waals surface area contributed by atoms with E-state index in [9.17, 15) is 19.5 Å². The molecular weight excluding hydrogens is 458 g/mol. The number of aromatic hydroxyl groups is 1. The molecule has 2 aliphatic rings. The van der Waals surface area contributed by atoms with E-state index in [0.717, 1.165) is 28.8 Å². The van der Waals surface area contributed by atoms with Crippen molar-refractivity contribution >= 4 is 40.3 Å². The fourth-order valence-electron chi connectivity index (χ4n) is 4.85. The molecule has 2 amide bonds. The van der Waals surface area contributed by atoms with Gasteiger partial charge in [0.25, 0.3) is 5.91 Å². The van der Waals surface area contributed by atoms with Crippen LogP contribution in [0.4, 0.5) is 0 Å². The molecule has 3 aromatic rings. The van der Waals surface area contributed by atoms with E-state index >= 15 is 0 Å². The number of hydrogen-bond acceptors (Lipinski definition) is 6. The molecule has 8 heteroatoms. The number of pyridine rings is 1. The number of piperazine rings is 1. The van der Waals surface area contributed by atoms with Gasteiger partial charge in [-0.05, 0) is 53.8 Å². The van der Waals surface area contributed by atoms with Crippen LogP contribution in [0.25, 0.3) is 22.6 Å². The second kappa shape index (κ2) is 9.81. The van der Waals surface area contributed by atoms with Gasteiger partial charge in [-0.2, -0.15) is 0 Å². The first-order valence-electron chi connectivity index (χ1n) is 12.0. The summed E-state index contributed by atoms with van der Waals surface area (Å²) < 4.78 is 5.53. The molecule has 5 rings (SSSR count). The lowest BCUT2D eigenvalue weighted by atomic mass is 10.0. The molecule has 8 nitrogen and oxygen atoms in total. The molecule has 0 spiro atoms. The van der Waals surface area contributed by atoms with Crippen molar-refractivity contribution in [2.75, 3.05) is 32.8 Å². The van der Waals surface area contributed by atoms with Crippen LogP contribution in [0.15, 0.2) is 48.5 Å². The fourth-order valence-corrected chi connectivity index (χ4v) is 4.85. The van der Waals surface area contributed by atoms with Crippen molar-refractivity contribution in [3.05, 3.63) is 70.9 Å². The highest BCUT2D eigenvalue weighted by Crippen LogP contribution is 2.38. The van der Waals surface area contributed by atoms with E-state index in [1.165, 1.54) is 6.92 Å². The number of nitrogens with zero attached hydrogens (tertiary/aromatic N) is 3. The number of carbonyl (C=O) groups excluding carboxylic acids is 3. The van der Waals surface area contributed by atoms with Gasteiger partial charge in [-0.15, -0.1) is 0 Å². The van der Waals surface area contributed by atoms with Crippen molar-refractivity contribution in [1.82, 2.24) is 14.8 Å². The lowest BCUT2D eigenvalue weighted by Gasteiger charge is -2.34. The van der Waals surface area contributed by atoms with Crippen LogP contribution < -0.4 is 0 Å². The highest BCUT2D eigenvalue weighted by atomic mass is 16.5. The molecule has 2 heterocycles. The van der Waals surface area contributed by atoms with Crippen molar-refractivity contribution < 1.29 is 24.2 Å². The number of esters is 1. The Hall–Kier alpha value is -4.20. The summed E-state index contributed by atoms with van der Waals surface area (Å²) in [6, 6.07) is 14.4. The van der Waals surface area contributed by atoms with Crippen LogP contribution >= 0.6 is 0 Å². The van der Waals surface area contributed by atoms with E-state index in [-0.39, 0.29) is 24.2 Å². The van der Waals surface area contributed by atoms with Crippen molar-refractivity contribution in [1.29, 1.82) is 0 Å². The van der Waals surface area contributed by atoms with Gasteiger partial charge in [-0.3, -0.25) is 9.59 Å². The molecule has 0 bridgehead atoms. The summed E-state index contributed by atoms with van der Waals surface area (Å²) in [6.07, 6.45) is 3.38. The molecule has 0 saturated carbocycles. The minimum Gasteiger partial charge on any atom is -0.508 e. The number of ether oxygens (including phenoxy) is 1. The Morgan fingerprint density at radius 2 is 1.67 bits per heavy atom. The molecule has 36 heavy (non-hydrogen) atoms. The van der Waals surface area contributed by atoms with Gasteiger partial charge in [0.1, 0.15) is 5.75 Å². The van der Waals surface area contributed by atoms with Crippen molar-refractivity contribution in [3.8, 4) is 5.75 Å². The SMILES string of the molecule is CC(=O)N1CCN(C(=O)COC(=O)c2c3c(nc4ccccc24)/C(=C\c2ccc(O)cc2)CC3)CC1. The Balaban J connectivity index is 1.39. The Labute approximate surface area is 208 Å². The number of hydrogen-bond donors (Lipinski definition) is 1. The highest BCUT2D eigenvalue weighted by molar-refractivity contribution is 6.07. The maximum Gasteiger partial charge on any atom is 0.339 e. The van der Waals surface area contributed by atoms with Crippen LogP contribution in [-0.2, 0) is 20.7 Å². The molecule has 1 saturated heterocycles. The van der Waals surface area contributed by atoms with E-state index in [2.05, 4.69) is 0 Å². The predicted molar refractivity (Wildman–Crippen MR) is 135 cm³/mol. The second-order valence-corrected chi connectivity index (χ2v) is 9.06. The summed E-state index contributed by atoms with van der Waals surface area (Å²) >= 11 is 0. The lowest BCUT2D eigenvalue weighted by molar-refractivity contribution is -0.140. The molecular formula is C28H27N3O5. The molecule has 0 atom stereocenters. The largest absolute Gasteiger partial charge is 0.508 e. The third-order valence-corrected chi connectivity index (χ3v) is 6.78. The van der Waals surface area contributed by atoms with Gasteiger partial charge in [-0.25, -0.2) is 9.78 Å². The number of phenols is 1. The number of para-hydroxylation sites is 1. The molecule has 1 N–H and O–H groups in total. The zero-order chi connectivity index (χ0) is 25.2. The smallest absolute Gasteiger partial charge is 0.339 e. The Bertz CT molecular complexity index is 1370. The number of allylic oxidation sites excluding steroid dienone is 1. The average Bonchev–Trinajstić information content (AvgIpc) is 3.28. The topological polar surface area (TPSA) is 100 Å². The van der Waals surface area contributed by atoms with Crippen LogP contribution in [0.1, 0.15) is 40.5 Å². The van der Waals surface area contributed by atoms with Crippen LogP contribution in [0.5, 0.6) is 5.75 Å². The van der Waals surface area contributed by atoms with Crippen molar-refractivity contribution in [2.45, 2.75) is 19.8 Å². The van der Waals surface area contributed by atoms with Crippen molar-refractivity contribution in [2.24, 2.45) is 0 Å². The predicted octanol–water partition coefficient (Wildman–Crippen LogP) is 3.27. The molecule has 1 aromatic heterocycles. The minimum atomic E-state index is -0.536. The van der Waals surface area contributed by atoms with E-state index in [1.54, 1.807) is 21.9 Å². The molecule has 2 aromatic carbocycles. The highest BCUT2D eigenvalue weighted by Gasteiger charge is 2.29. The zero-order valence-corrected chi connectivity index (χ0v) is 20.1. The first-order chi connectivity index (χ1) is 17.4. The summed E-state index contributed by atoms with van der Waals surface area (Å²) in [5.74, 6) is -0.611. The molecule has 1 fully saturated rings. The summed E-state index contributed by atoms with van der Waals surface area (Å²) in [7, 11) is 0.